The van der Waals surface area contributed by atoms with Gasteiger partial charge in [-0.05, 0) is 13.1 Å². The number of alkyl halides is 1. The van der Waals surface area contributed by atoms with Crippen LogP contribution in [0.1, 0.15) is 13.8 Å². The summed E-state index contributed by atoms with van der Waals surface area (Å²) in [4.78, 5) is 2.50. The molecule has 0 aromatic heterocycles. The second-order valence-electron chi connectivity index (χ2n) is 2.27. The monoisotopic (exact) mass is 209 g/mol. The van der Waals surface area contributed by atoms with E-state index in [9.17, 15) is 0 Å². The van der Waals surface area contributed by atoms with Crippen LogP contribution in [0.25, 0.3) is 0 Å². The van der Waals surface area contributed by atoms with E-state index in [0.29, 0.717) is 0 Å². The molecule has 0 aliphatic rings. The molecule has 0 saturated heterocycles. The lowest BCUT2D eigenvalue weighted by Crippen LogP contribution is -2.30. The maximum Gasteiger partial charge on any atom is 0.0568 e. The molecular formula is C7H16BrNO. The average molecular weight is 210 g/mol. The molecular weight excluding hydrogens is 194 g/mol. The fraction of sp³-hybridized carbons (Fsp3) is 1.00. The standard InChI is InChI=1S/C7H16BrNO/c1-3-9(4-2)5-7(8)6-10/h7,10H,3-6H2,1-2H3. The fourth-order valence-electron chi connectivity index (χ4n) is 0.820. The summed E-state index contributed by atoms with van der Waals surface area (Å²) in [5.41, 5.74) is 0. The predicted molar refractivity (Wildman–Crippen MR) is 47.6 cm³/mol. The highest BCUT2D eigenvalue weighted by Gasteiger charge is 2.05. The van der Waals surface area contributed by atoms with Crippen molar-refractivity contribution in [3.05, 3.63) is 0 Å². The molecule has 10 heavy (non-hydrogen) atoms. The largest absolute Gasteiger partial charge is 0.395 e. The molecule has 0 aliphatic heterocycles. The van der Waals surface area contributed by atoms with Gasteiger partial charge in [-0.2, -0.15) is 0 Å². The summed E-state index contributed by atoms with van der Waals surface area (Å²) in [7, 11) is 0. The smallest absolute Gasteiger partial charge is 0.0568 e. The van der Waals surface area contributed by atoms with Gasteiger partial charge in [0.15, 0.2) is 0 Å². The zero-order chi connectivity index (χ0) is 7.98. The van der Waals surface area contributed by atoms with Crippen molar-refractivity contribution >= 4 is 15.9 Å². The molecule has 0 aromatic carbocycles. The number of hydrogen-bond acceptors (Lipinski definition) is 2. The lowest BCUT2D eigenvalue weighted by molar-refractivity contribution is 0.245. The Kier molecular flexibility index (Phi) is 6.38. The van der Waals surface area contributed by atoms with E-state index in [1.165, 1.54) is 0 Å². The summed E-state index contributed by atoms with van der Waals surface area (Å²) in [6.07, 6.45) is 0. The van der Waals surface area contributed by atoms with Gasteiger partial charge in [0, 0.05) is 6.54 Å². The minimum atomic E-state index is 0.219. The number of aliphatic hydroxyl groups excluding tert-OH is 1. The second-order valence-corrected chi connectivity index (χ2v) is 3.56. The maximum atomic E-state index is 8.70. The maximum absolute atomic E-state index is 8.70. The molecule has 0 aliphatic carbocycles. The van der Waals surface area contributed by atoms with Crippen LogP contribution < -0.4 is 0 Å². The van der Waals surface area contributed by atoms with Crippen LogP contribution in [0.5, 0.6) is 0 Å². The van der Waals surface area contributed by atoms with Crippen molar-refractivity contribution in [3.8, 4) is 0 Å². The summed E-state index contributed by atoms with van der Waals surface area (Å²) >= 11 is 3.37. The van der Waals surface area contributed by atoms with Gasteiger partial charge < -0.3 is 10.0 Å². The van der Waals surface area contributed by atoms with Gasteiger partial charge in [-0.15, -0.1) is 0 Å². The first-order chi connectivity index (χ1) is 4.74. The van der Waals surface area contributed by atoms with Gasteiger partial charge in [-0.3, -0.25) is 0 Å². The van der Waals surface area contributed by atoms with Crippen molar-refractivity contribution in [2.45, 2.75) is 18.7 Å². The Labute approximate surface area is 71.4 Å². The molecule has 1 atom stereocenters. The van der Waals surface area contributed by atoms with E-state index >= 15 is 0 Å². The minimum absolute atomic E-state index is 0.219. The van der Waals surface area contributed by atoms with Gasteiger partial charge in [0.2, 0.25) is 0 Å². The van der Waals surface area contributed by atoms with Crippen LogP contribution in [-0.4, -0.2) is 41.1 Å². The molecule has 0 heterocycles. The van der Waals surface area contributed by atoms with Crippen molar-refractivity contribution in [1.82, 2.24) is 4.90 Å². The van der Waals surface area contributed by atoms with Crippen LogP contribution in [0.15, 0.2) is 0 Å². The molecule has 3 heteroatoms. The molecule has 0 bridgehead atoms. The van der Waals surface area contributed by atoms with E-state index < -0.39 is 0 Å². The number of hydrogen-bond donors (Lipinski definition) is 1. The van der Waals surface area contributed by atoms with Gasteiger partial charge in [-0.25, -0.2) is 0 Å². The van der Waals surface area contributed by atoms with E-state index in [1.807, 2.05) is 0 Å². The Balaban J connectivity index is 3.41. The Morgan fingerprint density at radius 2 is 1.90 bits per heavy atom. The first kappa shape index (κ1) is 10.4. The highest BCUT2D eigenvalue weighted by Crippen LogP contribution is 2.00. The van der Waals surface area contributed by atoms with Crippen molar-refractivity contribution < 1.29 is 5.11 Å². The zero-order valence-electron chi connectivity index (χ0n) is 6.68. The lowest BCUT2D eigenvalue weighted by atomic mass is 10.4. The number of halogens is 1. The lowest BCUT2D eigenvalue weighted by Gasteiger charge is -2.19. The molecule has 1 unspecified atom stereocenters. The first-order valence-corrected chi connectivity index (χ1v) is 4.63. The van der Waals surface area contributed by atoms with Crippen LogP contribution in [0.4, 0.5) is 0 Å². The summed E-state index contributed by atoms with van der Waals surface area (Å²) in [5, 5.41) is 8.70. The molecule has 0 rings (SSSR count). The Bertz CT molecular complexity index is 76.0. The summed E-state index contributed by atoms with van der Waals surface area (Å²) in [6.45, 7) is 7.51. The summed E-state index contributed by atoms with van der Waals surface area (Å²) in [6, 6.07) is 0. The first-order valence-electron chi connectivity index (χ1n) is 3.71. The zero-order valence-corrected chi connectivity index (χ0v) is 8.26. The SMILES string of the molecule is CCN(CC)CC(Br)CO. The van der Waals surface area contributed by atoms with Gasteiger partial charge in [0.1, 0.15) is 0 Å². The third kappa shape index (κ3) is 4.25. The molecule has 0 spiro atoms. The Morgan fingerprint density at radius 3 is 2.20 bits per heavy atom. The molecule has 0 radical (unpaired) electrons. The minimum Gasteiger partial charge on any atom is -0.395 e. The highest BCUT2D eigenvalue weighted by atomic mass is 79.9. The van der Waals surface area contributed by atoms with E-state index in [0.717, 1.165) is 19.6 Å². The second kappa shape index (κ2) is 6.13. The Morgan fingerprint density at radius 1 is 1.40 bits per heavy atom. The van der Waals surface area contributed by atoms with Gasteiger partial charge in [0.25, 0.3) is 0 Å². The highest BCUT2D eigenvalue weighted by molar-refractivity contribution is 9.09. The summed E-state index contributed by atoms with van der Waals surface area (Å²) in [5.74, 6) is 0. The number of rotatable bonds is 5. The molecule has 0 amide bonds. The molecule has 0 fully saturated rings. The van der Waals surface area contributed by atoms with Crippen LogP contribution in [0.2, 0.25) is 0 Å². The number of aliphatic hydroxyl groups is 1. The van der Waals surface area contributed by atoms with E-state index in [1.54, 1.807) is 0 Å². The van der Waals surface area contributed by atoms with E-state index in [2.05, 4.69) is 34.7 Å². The van der Waals surface area contributed by atoms with Gasteiger partial charge in [-0.1, -0.05) is 29.8 Å². The quantitative estimate of drug-likeness (QED) is 0.686. The molecule has 62 valence electrons. The molecule has 1 N–H and O–H groups in total. The summed E-state index contributed by atoms with van der Waals surface area (Å²) < 4.78 is 0. The van der Waals surface area contributed by atoms with Crippen molar-refractivity contribution in [2.75, 3.05) is 26.2 Å². The number of nitrogens with zero attached hydrogens (tertiary/aromatic N) is 1. The van der Waals surface area contributed by atoms with Crippen molar-refractivity contribution in [3.63, 3.8) is 0 Å². The van der Waals surface area contributed by atoms with Crippen LogP contribution in [0, 0.1) is 0 Å². The van der Waals surface area contributed by atoms with Crippen LogP contribution in [-0.2, 0) is 0 Å². The Hall–Kier alpha value is 0.400. The normalized spacial score (nSPS) is 14.1. The van der Waals surface area contributed by atoms with Crippen LogP contribution >= 0.6 is 15.9 Å². The molecule has 2 nitrogen and oxygen atoms in total. The predicted octanol–water partition coefficient (Wildman–Crippen LogP) is 1.08. The topological polar surface area (TPSA) is 23.5 Å². The van der Waals surface area contributed by atoms with Crippen LogP contribution in [0.3, 0.4) is 0 Å². The molecule has 0 aromatic rings. The van der Waals surface area contributed by atoms with E-state index in [-0.39, 0.29) is 11.4 Å². The van der Waals surface area contributed by atoms with Crippen molar-refractivity contribution in [2.24, 2.45) is 0 Å². The average Bonchev–Trinajstić information content (AvgIpc) is 1.99. The van der Waals surface area contributed by atoms with Gasteiger partial charge >= 0.3 is 0 Å². The van der Waals surface area contributed by atoms with Crippen molar-refractivity contribution in [1.29, 1.82) is 0 Å². The molecule has 0 saturated carbocycles. The van der Waals surface area contributed by atoms with E-state index in [4.69, 9.17) is 5.11 Å². The fourth-order valence-corrected chi connectivity index (χ4v) is 1.23. The van der Waals surface area contributed by atoms with Gasteiger partial charge in [0.05, 0.1) is 11.4 Å². The third-order valence-corrected chi connectivity index (χ3v) is 2.13. The third-order valence-electron chi connectivity index (χ3n) is 1.55.